The molecule has 0 bridgehead atoms. The normalized spacial score (nSPS) is 19.4. The minimum Gasteiger partial charge on any atom is -0.461 e. The van der Waals surface area contributed by atoms with Gasteiger partial charge in [0.25, 0.3) is 5.91 Å². The molecule has 0 aromatic carbocycles. The third-order valence-corrected chi connectivity index (χ3v) is 5.78. The molecular weight excluding hydrogens is 380 g/mol. The van der Waals surface area contributed by atoms with E-state index in [-0.39, 0.29) is 24.3 Å². The Morgan fingerprint density at radius 3 is 2.79 bits per heavy atom. The number of carbonyl (C=O) groups excluding carboxylic acids is 2. The number of ether oxygens (including phenoxy) is 1. The van der Waals surface area contributed by atoms with Gasteiger partial charge in [-0.25, -0.2) is 0 Å². The second-order valence-corrected chi connectivity index (χ2v) is 7.94. The number of esters is 1. The summed E-state index contributed by atoms with van der Waals surface area (Å²) >= 11 is 1.23. The molecule has 0 spiro atoms. The first kappa shape index (κ1) is 20.4. The Balaban J connectivity index is 1.43. The summed E-state index contributed by atoms with van der Waals surface area (Å²) in [6.45, 7) is 4.59. The Hall–Kier alpha value is -2.29. The number of hydrogen-bond acceptors (Lipinski definition) is 7. The van der Waals surface area contributed by atoms with Crippen molar-refractivity contribution in [3.63, 3.8) is 0 Å². The van der Waals surface area contributed by atoms with Crippen molar-refractivity contribution < 1.29 is 18.7 Å². The topological polar surface area (TPSA) is 99.2 Å². The number of thioether (sulfide) groups is 1. The van der Waals surface area contributed by atoms with E-state index in [9.17, 15) is 9.59 Å². The summed E-state index contributed by atoms with van der Waals surface area (Å²) in [5.41, 5.74) is 0. The number of amides is 1. The molecule has 0 atom stereocenters. The molecule has 1 fully saturated rings. The van der Waals surface area contributed by atoms with E-state index in [2.05, 4.69) is 22.4 Å². The van der Waals surface area contributed by atoms with Crippen LogP contribution in [-0.2, 0) is 20.9 Å². The zero-order valence-electron chi connectivity index (χ0n) is 16.2. The Bertz CT molecular complexity index is 782. The standard InChI is InChI=1S/C19H26N4O4S/c1-3-23-18(15-5-4-10-26-15)21-22-19(23)28-12-17(25)27-11-16(24)20-14-8-6-13(2)7-9-14/h4-5,10,13-14H,3,6-9,11-12H2,1-2H3,(H,20,24). The molecule has 28 heavy (non-hydrogen) atoms. The summed E-state index contributed by atoms with van der Waals surface area (Å²) in [7, 11) is 0. The second-order valence-electron chi connectivity index (χ2n) is 7.00. The third kappa shape index (κ3) is 5.37. The highest BCUT2D eigenvalue weighted by Gasteiger charge is 2.21. The molecule has 0 aliphatic heterocycles. The van der Waals surface area contributed by atoms with Crippen LogP contribution in [0.4, 0.5) is 0 Å². The van der Waals surface area contributed by atoms with Gasteiger partial charge >= 0.3 is 5.97 Å². The van der Waals surface area contributed by atoms with Crippen molar-refractivity contribution in [1.29, 1.82) is 0 Å². The van der Waals surface area contributed by atoms with Crippen LogP contribution in [0.1, 0.15) is 39.5 Å². The Kier molecular flexibility index (Phi) is 7.13. The van der Waals surface area contributed by atoms with Crippen LogP contribution in [0.5, 0.6) is 0 Å². The van der Waals surface area contributed by atoms with Crippen molar-refractivity contribution >= 4 is 23.6 Å². The fourth-order valence-electron chi connectivity index (χ4n) is 3.25. The number of furan rings is 1. The van der Waals surface area contributed by atoms with E-state index >= 15 is 0 Å². The summed E-state index contributed by atoms with van der Waals surface area (Å²) in [6, 6.07) is 3.79. The maximum atomic E-state index is 12.0. The Morgan fingerprint density at radius 2 is 2.11 bits per heavy atom. The quantitative estimate of drug-likeness (QED) is 0.531. The van der Waals surface area contributed by atoms with Gasteiger partial charge in [-0.15, -0.1) is 10.2 Å². The molecule has 1 amide bonds. The molecule has 2 aromatic rings. The van der Waals surface area contributed by atoms with Crippen LogP contribution in [0.3, 0.4) is 0 Å². The van der Waals surface area contributed by atoms with Gasteiger partial charge in [-0.2, -0.15) is 0 Å². The van der Waals surface area contributed by atoms with Gasteiger partial charge in [0.15, 0.2) is 23.3 Å². The molecule has 0 unspecified atom stereocenters. The lowest BCUT2D eigenvalue weighted by molar-refractivity contribution is -0.146. The maximum Gasteiger partial charge on any atom is 0.316 e. The molecule has 1 aliphatic rings. The molecule has 3 rings (SSSR count). The van der Waals surface area contributed by atoms with Crippen LogP contribution in [0.25, 0.3) is 11.6 Å². The monoisotopic (exact) mass is 406 g/mol. The number of rotatable bonds is 8. The first-order chi connectivity index (χ1) is 13.6. The van der Waals surface area contributed by atoms with Gasteiger partial charge in [0.2, 0.25) is 0 Å². The SMILES string of the molecule is CCn1c(SCC(=O)OCC(=O)NC2CCC(C)CC2)nnc1-c1ccco1. The summed E-state index contributed by atoms with van der Waals surface area (Å²) < 4.78 is 12.3. The molecule has 1 aliphatic carbocycles. The smallest absolute Gasteiger partial charge is 0.316 e. The summed E-state index contributed by atoms with van der Waals surface area (Å²) in [5, 5.41) is 11.8. The number of nitrogens with zero attached hydrogens (tertiary/aromatic N) is 3. The predicted molar refractivity (Wildman–Crippen MR) is 105 cm³/mol. The van der Waals surface area contributed by atoms with E-state index in [1.165, 1.54) is 11.8 Å². The van der Waals surface area contributed by atoms with E-state index in [4.69, 9.17) is 9.15 Å². The maximum absolute atomic E-state index is 12.0. The Labute approximate surface area is 168 Å². The number of aromatic nitrogens is 3. The van der Waals surface area contributed by atoms with E-state index in [0.717, 1.165) is 31.6 Å². The van der Waals surface area contributed by atoms with Gasteiger partial charge in [0.1, 0.15) is 0 Å². The fraction of sp³-hybridized carbons (Fsp3) is 0.579. The van der Waals surface area contributed by atoms with Crippen LogP contribution in [0, 0.1) is 5.92 Å². The fourth-order valence-corrected chi connectivity index (χ4v) is 4.05. The van der Waals surface area contributed by atoms with Crippen molar-refractivity contribution in [2.75, 3.05) is 12.4 Å². The van der Waals surface area contributed by atoms with E-state index in [1.807, 2.05) is 17.6 Å². The average Bonchev–Trinajstić information content (AvgIpc) is 3.35. The molecule has 8 nitrogen and oxygen atoms in total. The summed E-state index contributed by atoms with van der Waals surface area (Å²) in [6.07, 6.45) is 5.80. The molecule has 152 valence electrons. The molecule has 1 saturated carbocycles. The van der Waals surface area contributed by atoms with Crippen molar-refractivity contribution in [1.82, 2.24) is 20.1 Å². The van der Waals surface area contributed by atoms with Crippen molar-refractivity contribution in [3.8, 4) is 11.6 Å². The molecule has 9 heteroatoms. The van der Waals surface area contributed by atoms with Crippen LogP contribution >= 0.6 is 11.8 Å². The zero-order valence-corrected chi connectivity index (χ0v) is 17.0. The molecule has 2 aromatic heterocycles. The number of nitrogens with one attached hydrogen (secondary N) is 1. The van der Waals surface area contributed by atoms with Gasteiger partial charge < -0.3 is 14.5 Å². The predicted octanol–water partition coefficient (Wildman–Crippen LogP) is 2.89. The molecule has 0 radical (unpaired) electrons. The number of hydrogen-bond donors (Lipinski definition) is 1. The highest BCUT2D eigenvalue weighted by molar-refractivity contribution is 7.99. The van der Waals surface area contributed by atoms with Crippen molar-refractivity contribution in [2.24, 2.45) is 5.92 Å². The van der Waals surface area contributed by atoms with Gasteiger partial charge in [-0.05, 0) is 50.7 Å². The van der Waals surface area contributed by atoms with Gasteiger partial charge in [0.05, 0.1) is 12.0 Å². The summed E-state index contributed by atoms with van der Waals surface area (Å²) in [4.78, 5) is 24.0. The van der Waals surface area contributed by atoms with E-state index < -0.39 is 5.97 Å². The minimum absolute atomic E-state index is 0.0600. The van der Waals surface area contributed by atoms with Gasteiger partial charge in [-0.3, -0.25) is 14.2 Å². The first-order valence-electron chi connectivity index (χ1n) is 9.61. The number of carbonyl (C=O) groups is 2. The van der Waals surface area contributed by atoms with E-state index in [1.54, 1.807) is 12.3 Å². The summed E-state index contributed by atoms with van der Waals surface area (Å²) in [5.74, 6) is 1.32. The van der Waals surface area contributed by atoms with Crippen molar-refractivity contribution in [2.45, 2.75) is 57.3 Å². The zero-order chi connectivity index (χ0) is 19.9. The van der Waals surface area contributed by atoms with Crippen LogP contribution in [0.15, 0.2) is 28.0 Å². The van der Waals surface area contributed by atoms with Crippen LogP contribution < -0.4 is 5.32 Å². The molecule has 1 N–H and O–H groups in total. The largest absolute Gasteiger partial charge is 0.461 e. The lowest BCUT2D eigenvalue weighted by Gasteiger charge is -2.26. The van der Waals surface area contributed by atoms with Crippen LogP contribution in [0.2, 0.25) is 0 Å². The highest BCUT2D eigenvalue weighted by Crippen LogP contribution is 2.25. The lowest BCUT2D eigenvalue weighted by atomic mass is 9.87. The minimum atomic E-state index is -0.456. The highest BCUT2D eigenvalue weighted by atomic mass is 32.2. The average molecular weight is 407 g/mol. The molecule has 0 saturated heterocycles. The van der Waals surface area contributed by atoms with Crippen molar-refractivity contribution in [3.05, 3.63) is 18.4 Å². The van der Waals surface area contributed by atoms with Gasteiger partial charge in [0, 0.05) is 12.6 Å². The van der Waals surface area contributed by atoms with Crippen LogP contribution in [-0.4, -0.2) is 45.0 Å². The van der Waals surface area contributed by atoms with E-state index in [0.29, 0.717) is 23.3 Å². The Morgan fingerprint density at radius 1 is 1.32 bits per heavy atom. The third-order valence-electron chi connectivity index (χ3n) is 4.84. The molecular formula is C19H26N4O4S. The first-order valence-corrected chi connectivity index (χ1v) is 10.6. The molecule has 2 heterocycles. The van der Waals surface area contributed by atoms with Gasteiger partial charge in [-0.1, -0.05) is 18.7 Å². The second kappa shape index (κ2) is 9.77. The lowest BCUT2D eigenvalue weighted by Crippen LogP contribution is -2.39.